The Balaban J connectivity index is 1.53. The van der Waals surface area contributed by atoms with E-state index in [1.807, 2.05) is 24.3 Å². The van der Waals surface area contributed by atoms with E-state index in [-0.39, 0.29) is 17.4 Å². The van der Waals surface area contributed by atoms with E-state index in [2.05, 4.69) is 0 Å². The van der Waals surface area contributed by atoms with E-state index in [1.54, 1.807) is 31.2 Å². The zero-order chi connectivity index (χ0) is 21.6. The van der Waals surface area contributed by atoms with Gasteiger partial charge >= 0.3 is 0 Å². The molecule has 1 heterocycles. The van der Waals surface area contributed by atoms with Gasteiger partial charge in [0.2, 0.25) is 10.0 Å². The fraction of sp³-hybridized carbons (Fsp3) is 0.381. The van der Waals surface area contributed by atoms with Gasteiger partial charge < -0.3 is 19.1 Å². The molecule has 1 amide bonds. The minimum absolute atomic E-state index is 0.137. The molecule has 1 saturated heterocycles. The zero-order valence-electron chi connectivity index (χ0n) is 17.1. The average molecular weight is 435 g/mol. The number of methoxy groups -OCH3 is 1. The second-order valence-corrected chi connectivity index (χ2v) is 8.81. The summed E-state index contributed by atoms with van der Waals surface area (Å²) in [4.78, 5) is 14.1. The number of carbonyl (C=O) groups excluding carboxylic acids is 1. The molecule has 1 aliphatic rings. The van der Waals surface area contributed by atoms with E-state index >= 15 is 0 Å². The summed E-state index contributed by atoms with van der Waals surface area (Å²) in [5.41, 5.74) is 0.976. The van der Waals surface area contributed by atoms with Crippen molar-refractivity contribution in [2.45, 2.75) is 11.4 Å². The maximum absolute atomic E-state index is 12.6. The van der Waals surface area contributed by atoms with E-state index < -0.39 is 10.0 Å². The van der Waals surface area contributed by atoms with Crippen molar-refractivity contribution in [2.75, 3.05) is 47.1 Å². The van der Waals surface area contributed by atoms with E-state index in [0.717, 1.165) is 11.3 Å². The van der Waals surface area contributed by atoms with Crippen LogP contribution in [0.3, 0.4) is 0 Å². The van der Waals surface area contributed by atoms with E-state index in [0.29, 0.717) is 38.6 Å². The number of sulfonamides is 1. The smallest absolute Gasteiger partial charge is 0.260 e. The van der Waals surface area contributed by atoms with E-state index in [1.165, 1.54) is 16.4 Å². The lowest BCUT2D eigenvalue weighted by Gasteiger charge is -2.26. The molecule has 9 heteroatoms. The van der Waals surface area contributed by atoms with Crippen LogP contribution in [0.5, 0.6) is 11.5 Å². The Bertz CT molecular complexity index is 938. The van der Waals surface area contributed by atoms with Crippen molar-refractivity contribution in [3.8, 4) is 11.5 Å². The van der Waals surface area contributed by atoms with Gasteiger partial charge in [0.1, 0.15) is 11.5 Å². The Hall–Kier alpha value is -2.62. The number of morpholine rings is 1. The highest BCUT2D eigenvalue weighted by Crippen LogP contribution is 2.20. The summed E-state index contributed by atoms with van der Waals surface area (Å²) in [5, 5.41) is 0. The number of rotatable bonds is 8. The summed E-state index contributed by atoms with van der Waals surface area (Å²) < 4.78 is 42.5. The van der Waals surface area contributed by atoms with Crippen LogP contribution in [0.2, 0.25) is 0 Å². The summed E-state index contributed by atoms with van der Waals surface area (Å²) in [6.07, 6.45) is 0. The predicted octanol–water partition coefficient (Wildman–Crippen LogP) is 1.75. The largest absolute Gasteiger partial charge is 0.497 e. The third-order valence-electron chi connectivity index (χ3n) is 4.80. The van der Waals surface area contributed by atoms with Crippen LogP contribution in [-0.2, 0) is 26.1 Å². The summed E-state index contributed by atoms with van der Waals surface area (Å²) in [7, 11) is -0.243. The second kappa shape index (κ2) is 9.92. The van der Waals surface area contributed by atoms with Crippen molar-refractivity contribution >= 4 is 15.9 Å². The summed E-state index contributed by atoms with van der Waals surface area (Å²) >= 11 is 0. The molecule has 0 N–H and O–H groups in total. The van der Waals surface area contributed by atoms with Crippen LogP contribution in [0.4, 0.5) is 0 Å². The Labute approximate surface area is 177 Å². The van der Waals surface area contributed by atoms with Gasteiger partial charge in [-0.1, -0.05) is 12.1 Å². The zero-order valence-corrected chi connectivity index (χ0v) is 17.9. The highest BCUT2D eigenvalue weighted by molar-refractivity contribution is 7.89. The van der Waals surface area contributed by atoms with Gasteiger partial charge in [-0.2, -0.15) is 4.31 Å². The molecule has 2 aromatic carbocycles. The first-order chi connectivity index (χ1) is 14.4. The normalized spacial score (nSPS) is 14.9. The summed E-state index contributed by atoms with van der Waals surface area (Å²) in [5.74, 6) is 1.01. The van der Waals surface area contributed by atoms with Crippen molar-refractivity contribution in [2.24, 2.45) is 0 Å². The number of nitrogens with zero attached hydrogens (tertiary/aromatic N) is 2. The van der Waals surface area contributed by atoms with Gasteiger partial charge in [0, 0.05) is 26.7 Å². The fourth-order valence-electron chi connectivity index (χ4n) is 2.99. The average Bonchev–Trinajstić information content (AvgIpc) is 2.78. The molecule has 0 spiro atoms. The van der Waals surface area contributed by atoms with Crippen LogP contribution in [0, 0.1) is 0 Å². The molecule has 1 fully saturated rings. The third kappa shape index (κ3) is 5.50. The number of likely N-dealkylation sites (N-methyl/N-ethyl adjacent to an activating group) is 1. The van der Waals surface area contributed by atoms with Crippen LogP contribution in [0.25, 0.3) is 0 Å². The minimum atomic E-state index is -3.55. The van der Waals surface area contributed by atoms with Gasteiger partial charge in [-0.15, -0.1) is 0 Å². The number of carbonyl (C=O) groups is 1. The van der Waals surface area contributed by atoms with Gasteiger partial charge in [-0.3, -0.25) is 4.79 Å². The first kappa shape index (κ1) is 22.1. The van der Waals surface area contributed by atoms with E-state index in [4.69, 9.17) is 14.2 Å². The molecule has 0 bridgehead atoms. The monoisotopic (exact) mass is 434 g/mol. The van der Waals surface area contributed by atoms with Gasteiger partial charge in [0.15, 0.2) is 6.61 Å². The van der Waals surface area contributed by atoms with Crippen LogP contribution in [0.15, 0.2) is 53.4 Å². The van der Waals surface area contributed by atoms with Crippen molar-refractivity contribution in [3.63, 3.8) is 0 Å². The topological polar surface area (TPSA) is 85.4 Å². The Morgan fingerprint density at radius 2 is 1.63 bits per heavy atom. The quantitative estimate of drug-likeness (QED) is 0.629. The van der Waals surface area contributed by atoms with Gasteiger partial charge in [0.25, 0.3) is 5.91 Å². The number of hydrogen-bond donors (Lipinski definition) is 0. The minimum Gasteiger partial charge on any atom is -0.497 e. The molecule has 0 radical (unpaired) electrons. The molecule has 0 aliphatic carbocycles. The van der Waals surface area contributed by atoms with Gasteiger partial charge in [-0.05, 0) is 42.0 Å². The molecule has 0 aromatic heterocycles. The molecule has 2 aromatic rings. The van der Waals surface area contributed by atoms with Crippen LogP contribution >= 0.6 is 0 Å². The molecule has 8 nitrogen and oxygen atoms in total. The maximum Gasteiger partial charge on any atom is 0.260 e. The molecular weight excluding hydrogens is 408 g/mol. The Morgan fingerprint density at radius 3 is 2.23 bits per heavy atom. The number of amides is 1. The van der Waals surface area contributed by atoms with Crippen LogP contribution in [0.1, 0.15) is 5.56 Å². The maximum atomic E-state index is 12.6. The molecule has 162 valence electrons. The van der Waals surface area contributed by atoms with Crippen LogP contribution < -0.4 is 9.47 Å². The SMILES string of the molecule is COc1ccc(CN(C)C(=O)COc2ccc(S(=O)(=O)N3CCOCC3)cc2)cc1. The first-order valence-electron chi connectivity index (χ1n) is 9.58. The van der Waals surface area contributed by atoms with Crippen molar-refractivity contribution < 1.29 is 27.4 Å². The highest BCUT2D eigenvalue weighted by atomic mass is 32.2. The fourth-order valence-corrected chi connectivity index (χ4v) is 4.40. The lowest BCUT2D eigenvalue weighted by atomic mass is 10.2. The Morgan fingerprint density at radius 1 is 1.03 bits per heavy atom. The highest BCUT2D eigenvalue weighted by Gasteiger charge is 2.26. The molecule has 30 heavy (non-hydrogen) atoms. The van der Waals surface area contributed by atoms with Crippen molar-refractivity contribution in [1.82, 2.24) is 9.21 Å². The lowest BCUT2D eigenvalue weighted by Crippen LogP contribution is -2.40. The van der Waals surface area contributed by atoms with Crippen LogP contribution in [-0.4, -0.2) is 70.6 Å². The van der Waals surface area contributed by atoms with E-state index in [9.17, 15) is 13.2 Å². The predicted molar refractivity (Wildman–Crippen MR) is 111 cm³/mol. The second-order valence-electron chi connectivity index (χ2n) is 6.87. The van der Waals surface area contributed by atoms with Gasteiger partial charge in [-0.25, -0.2) is 8.42 Å². The molecule has 0 unspecified atom stereocenters. The van der Waals surface area contributed by atoms with Crippen molar-refractivity contribution in [1.29, 1.82) is 0 Å². The standard InChI is InChI=1S/C21H26N2O6S/c1-22(15-17-3-5-18(27-2)6-4-17)21(24)16-29-19-7-9-20(10-8-19)30(25,26)23-11-13-28-14-12-23/h3-10H,11-16H2,1-2H3. The first-order valence-corrected chi connectivity index (χ1v) is 11.0. The number of hydrogen-bond acceptors (Lipinski definition) is 6. The summed E-state index contributed by atoms with van der Waals surface area (Å²) in [6.45, 7) is 1.79. The molecule has 0 atom stereocenters. The van der Waals surface area contributed by atoms with Gasteiger partial charge in [0.05, 0.1) is 25.2 Å². The molecule has 3 rings (SSSR count). The third-order valence-corrected chi connectivity index (χ3v) is 6.71. The molecule has 1 aliphatic heterocycles. The van der Waals surface area contributed by atoms with Crippen molar-refractivity contribution in [3.05, 3.63) is 54.1 Å². The molecule has 0 saturated carbocycles. The number of benzene rings is 2. The lowest BCUT2D eigenvalue weighted by molar-refractivity contribution is -0.132. The Kier molecular flexibility index (Phi) is 7.30. The number of ether oxygens (including phenoxy) is 3. The molecular formula is C21H26N2O6S. The summed E-state index contributed by atoms with van der Waals surface area (Å²) in [6, 6.07) is 13.6.